The SMILES string of the molecule is COc1ccc(NC(=O)COCCOCCNCCCCC(C)CO[N+](=O)[O-])c(O)c1C(N)=O. The largest absolute Gasteiger partial charge is 0.505 e. The molecule has 0 aromatic heterocycles. The number of primary amides is 1. The molecule has 1 rings (SSSR count). The van der Waals surface area contributed by atoms with Crippen molar-refractivity contribution in [2.45, 2.75) is 26.2 Å². The van der Waals surface area contributed by atoms with E-state index in [1.807, 2.05) is 6.92 Å². The Morgan fingerprint density at radius 2 is 1.91 bits per heavy atom. The van der Waals surface area contributed by atoms with Crippen molar-refractivity contribution in [2.24, 2.45) is 11.7 Å². The van der Waals surface area contributed by atoms with E-state index >= 15 is 0 Å². The number of carbonyl (C=O) groups is 2. The first-order valence-electron chi connectivity index (χ1n) is 10.9. The van der Waals surface area contributed by atoms with Gasteiger partial charge < -0.3 is 40.5 Å². The molecular formula is C21H34N4O9. The highest BCUT2D eigenvalue weighted by Gasteiger charge is 2.19. The van der Waals surface area contributed by atoms with E-state index in [-0.39, 0.29) is 42.7 Å². The summed E-state index contributed by atoms with van der Waals surface area (Å²) in [6.45, 7) is 4.26. The van der Waals surface area contributed by atoms with Crippen molar-refractivity contribution in [3.63, 3.8) is 0 Å². The maximum Gasteiger partial charge on any atom is 0.294 e. The van der Waals surface area contributed by atoms with Crippen LogP contribution in [0.4, 0.5) is 5.69 Å². The highest BCUT2D eigenvalue weighted by Crippen LogP contribution is 2.34. The summed E-state index contributed by atoms with van der Waals surface area (Å²) < 4.78 is 15.6. The van der Waals surface area contributed by atoms with Crippen molar-refractivity contribution in [1.29, 1.82) is 0 Å². The van der Waals surface area contributed by atoms with Crippen molar-refractivity contribution in [2.75, 3.05) is 58.6 Å². The summed E-state index contributed by atoms with van der Waals surface area (Å²) in [6, 6.07) is 2.80. The number of benzene rings is 1. The van der Waals surface area contributed by atoms with Gasteiger partial charge in [-0.25, -0.2) is 0 Å². The number of unbranched alkanes of at least 4 members (excludes halogenated alkanes) is 1. The minimum Gasteiger partial charge on any atom is -0.505 e. The predicted molar refractivity (Wildman–Crippen MR) is 122 cm³/mol. The Hall–Kier alpha value is -3.16. The lowest BCUT2D eigenvalue weighted by Crippen LogP contribution is -2.23. The molecule has 13 heteroatoms. The number of amides is 2. The van der Waals surface area contributed by atoms with Crippen molar-refractivity contribution in [1.82, 2.24) is 5.32 Å². The number of carbonyl (C=O) groups excluding carboxylic acids is 2. The molecule has 0 fully saturated rings. The number of anilines is 1. The fourth-order valence-electron chi connectivity index (χ4n) is 2.94. The second-order valence-electron chi connectivity index (χ2n) is 7.49. The Morgan fingerprint density at radius 3 is 2.59 bits per heavy atom. The summed E-state index contributed by atoms with van der Waals surface area (Å²) in [4.78, 5) is 38.0. The van der Waals surface area contributed by atoms with Crippen LogP contribution in [0.1, 0.15) is 36.5 Å². The van der Waals surface area contributed by atoms with Gasteiger partial charge in [0.05, 0.1) is 39.2 Å². The molecule has 192 valence electrons. The van der Waals surface area contributed by atoms with Gasteiger partial charge in [0.2, 0.25) is 5.91 Å². The maximum absolute atomic E-state index is 12.0. The second kappa shape index (κ2) is 16.5. The number of phenols is 1. The molecule has 34 heavy (non-hydrogen) atoms. The number of ether oxygens (including phenoxy) is 3. The van der Waals surface area contributed by atoms with Gasteiger partial charge in [0.1, 0.15) is 17.9 Å². The number of rotatable bonds is 19. The number of hydrogen-bond donors (Lipinski definition) is 4. The third-order valence-corrected chi connectivity index (χ3v) is 4.67. The molecule has 0 aliphatic heterocycles. The van der Waals surface area contributed by atoms with Crippen molar-refractivity contribution < 1.29 is 38.8 Å². The van der Waals surface area contributed by atoms with Crippen LogP contribution in [0.15, 0.2) is 12.1 Å². The topological polar surface area (TPSA) is 185 Å². The van der Waals surface area contributed by atoms with Crippen molar-refractivity contribution >= 4 is 17.5 Å². The van der Waals surface area contributed by atoms with Gasteiger partial charge in [-0.1, -0.05) is 13.3 Å². The van der Waals surface area contributed by atoms with Crippen LogP contribution in [-0.2, 0) is 19.1 Å². The third kappa shape index (κ3) is 11.6. The lowest BCUT2D eigenvalue weighted by atomic mass is 10.1. The molecule has 0 aliphatic rings. The fraction of sp³-hybridized carbons (Fsp3) is 0.619. The molecule has 1 aromatic carbocycles. The van der Waals surface area contributed by atoms with Crippen molar-refractivity contribution in [3.05, 3.63) is 27.8 Å². The Labute approximate surface area is 198 Å². The van der Waals surface area contributed by atoms with E-state index in [2.05, 4.69) is 15.5 Å². The van der Waals surface area contributed by atoms with Gasteiger partial charge >= 0.3 is 0 Å². The monoisotopic (exact) mass is 486 g/mol. The molecule has 0 radical (unpaired) electrons. The Morgan fingerprint density at radius 1 is 1.18 bits per heavy atom. The standard InChI is InChI=1S/C21H34N4O9/c1-15(13-34-25(29)30)5-3-4-8-23-9-10-32-11-12-33-14-18(26)24-16-6-7-17(31-2)19(20(16)27)21(22)28/h6-7,15,23,27H,3-5,8-14H2,1-2H3,(H2,22,28)(H,24,26). The smallest absolute Gasteiger partial charge is 0.294 e. The first-order chi connectivity index (χ1) is 16.3. The highest BCUT2D eigenvalue weighted by molar-refractivity contribution is 6.02. The number of methoxy groups -OCH3 is 1. The van der Waals surface area contributed by atoms with Gasteiger partial charge in [-0.3, -0.25) is 9.59 Å². The molecule has 1 unspecified atom stereocenters. The van der Waals surface area contributed by atoms with Crippen LogP contribution in [0.2, 0.25) is 0 Å². The normalized spacial score (nSPS) is 11.6. The molecule has 0 saturated heterocycles. The summed E-state index contributed by atoms with van der Waals surface area (Å²) in [7, 11) is 1.33. The van der Waals surface area contributed by atoms with Gasteiger partial charge in [0, 0.05) is 6.54 Å². The first kappa shape index (κ1) is 28.9. The number of nitrogens with one attached hydrogen (secondary N) is 2. The average Bonchev–Trinajstić information content (AvgIpc) is 2.79. The minimum absolute atomic E-state index is 0.0184. The third-order valence-electron chi connectivity index (χ3n) is 4.67. The quantitative estimate of drug-likeness (QED) is 0.0954. The molecule has 0 aliphatic carbocycles. The highest BCUT2D eigenvalue weighted by atomic mass is 16.9. The van der Waals surface area contributed by atoms with Crippen LogP contribution in [0.5, 0.6) is 11.5 Å². The van der Waals surface area contributed by atoms with Crippen LogP contribution < -0.4 is 21.1 Å². The molecular weight excluding hydrogens is 452 g/mol. The van der Waals surface area contributed by atoms with Crippen LogP contribution in [0.25, 0.3) is 0 Å². The van der Waals surface area contributed by atoms with Gasteiger partial charge in [-0.2, -0.15) is 0 Å². The van der Waals surface area contributed by atoms with E-state index < -0.39 is 22.7 Å². The van der Waals surface area contributed by atoms with Crippen LogP contribution in [0.3, 0.4) is 0 Å². The van der Waals surface area contributed by atoms with Crippen LogP contribution >= 0.6 is 0 Å². The molecule has 0 saturated carbocycles. The summed E-state index contributed by atoms with van der Waals surface area (Å²) >= 11 is 0. The van der Waals surface area contributed by atoms with E-state index in [0.717, 1.165) is 25.8 Å². The van der Waals surface area contributed by atoms with Gasteiger partial charge in [-0.15, -0.1) is 10.1 Å². The van der Waals surface area contributed by atoms with E-state index in [4.69, 9.17) is 19.9 Å². The van der Waals surface area contributed by atoms with Gasteiger partial charge in [0.15, 0.2) is 5.75 Å². The van der Waals surface area contributed by atoms with Crippen molar-refractivity contribution in [3.8, 4) is 11.5 Å². The zero-order valence-electron chi connectivity index (χ0n) is 19.5. The molecule has 1 aromatic rings. The van der Waals surface area contributed by atoms with Gasteiger partial charge in [-0.05, 0) is 37.4 Å². The summed E-state index contributed by atoms with van der Waals surface area (Å²) in [5.41, 5.74) is 5.04. The Balaban J connectivity index is 2.07. The number of hydrogen-bond acceptors (Lipinski definition) is 10. The number of nitrogens with two attached hydrogens (primary N) is 1. The van der Waals surface area contributed by atoms with E-state index in [1.54, 1.807) is 0 Å². The zero-order valence-corrected chi connectivity index (χ0v) is 19.5. The zero-order chi connectivity index (χ0) is 25.3. The van der Waals surface area contributed by atoms with Crippen LogP contribution in [-0.4, -0.2) is 75.2 Å². The summed E-state index contributed by atoms with van der Waals surface area (Å²) in [6.07, 6.45) is 2.76. The minimum atomic E-state index is -0.886. The molecule has 5 N–H and O–H groups in total. The molecule has 0 bridgehead atoms. The predicted octanol–water partition coefficient (Wildman–Crippen LogP) is 1.08. The van der Waals surface area contributed by atoms with E-state index in [0.29, 0.717) is 19.8 Å². The van der Waals surface area contributed by atoms with Gasteiger partial charge in [0.25, 0.3) is 11.0 Å². The lowest BCUT2D eigenvalue weighted by molar-refractivity contribution is -0.759. The number of nitrogens with zero attached hydrogens (tertiary/aromatic N) is 1. The fourth-order valence-corrected chi connectivity index (χ4v) is 2.94. The Kier molecular flexibility index (Phi) is 14.0. The molecule has 2 amide bonds. The van der Waals surface area contributed by atoms with Crippen LogP contribution in [0, 0.1) is 16.0 Å². The van der Waals surface area contributed by atoms with E-state index in [1.165, 1.54) is 19.2 Å². The Bertz CT molecular complexity index is 792. The average molecular weight is 487 g/mol. The number of aromatic hydroxyl groups is 1. The second-order valence-corrected chi connectivity index (χ2v) is 7.49. The summed E-state index contributed by atoms with van der Waals surface area (Å²) in [5, 5.41) is 25.2. The molecule has 0 spiro atoms. The molecule has 13 nitrogen and oxygen atoms in total. The molecule has 1 atom stereocenters. The lowest BCUT2D eigenvalue weighted by Gasteiger charge is -2.13. The molecule has 0 heterocycles. The maximum atomic E-state index is 12.0. The summed E-state index contributed by atoms with van der Waals surface area (Å²) in [5.74, 6) is -1.64. The van der Waals surface area contributed by atoms with E-state index in [9.17, 15) is 24.8 Å². The first-order valence-corrected chi connectivity index (χ1v) is 10.9.